The van der Waals surface area contributed by atoms with E-state index in [0.29, 0.717) is 16.0 Å². The maximum absolute atomic E-state index is 12.9. The second-order valence-electron chi connectivity index (χ2n) is 7.73. The lowest BCUT2D eigenvalue weighted by Crippen LogP contribution is -2.42. The minimum absolute atomic E-state index is 0.126. The van der Waals surface area contributed by atoms with Gasteiger partial charge in [-0.2, -0.15) is 4.90 Å². The van der Waals surface area contributed by atoms with Gasteiger partial charge in [-0.05, 0) is 50.1 Å². The first-order chi connectivity index (χ1) is 15.5. The highest BCUT2D eigenvalue weighted by atomic mass is 16.6. The Morgan fingerprint density at radius 3 is 2.12 bits per heavy atom. The molecular weight excluding hydrogens is 432 g/mol. The molecule has 10 heteroatoms. The summed E-state index contributed by atoms with van der Waals surface area (Å²) in [6.45, 7) is 4.49. The first-order valence-electron chi connectivity index (χ1n) is 9.80. The van der Waals surface area contributed by atoms with E-state index in [1.807, 2.05) is 0 Å². The molecule has 33 heavy (non-hydrogen) atoms. The molecule has 0 atom stereocenters. The molecule has 0 N–H and O–H groups in total. The number of esters is 1. The standard InChI is InChI=1S/C23H24N2O8/c1-23(2,3)33-22(28)24(19(20(26)31-4)14-16-8-6-5-7-9-16)21(27)32-15-17-10-12-18(13-11-17)25(29)30/h5-14H,15H2,1-4H3/b19-14-. The van der Waals surface area contributed by atoms with Crippen molar-refractivity contribution in [3.05, 3.63) is 81.5 Å². The number of methoxy groups -OCH3 is 1. The molecule has 0 aliphatic heterocycles. The highest BCUT2D eigenvalue weighted by Gasteiger charge is 2.35. The number of hydrogen-bond donors (Lipinski definition) is 0. The first kappa shape index (κ1) is 25.1. The van der Waals surface area contributed by atoms with Crippen LogP contribution in [0.15, 0.2) is 60.3 Å². The lowest BCUT2D eigenvalue weighted by molar-refractivity contribution is -0.384. The number of amides is 2. The zero-order valence-corrected chi connectivity index (χ0v) is 18.6. The summed E-state index contributed by atoms with van der Waals surface area (Å²) in [4.78, 5) is 49.0. The number of ether oxygens (including phenoxy) is 3. The van der Waals surface area contributed by atoms with E-state index in [9.17, 15) is 24.5 Å². The van der Waals surface area contributed by atoms with Crippen LogP contribution in [0.5, 0.6) is 0 Å². The Bertz CT molecular complexity index is 1040. The van der Waals surface area contributed by atoms with Gasteiger partial charge in [0.15, 0.2) is 0 Å². The minimum Gasteiger partial charge on any atom is -0.464 e. The summed E-state index contributed by atoms with van der Waals surface area (Å²) >= 11 is 0. The lowest BCUT2D eigenvalue weighted by Gasteiger charge is -2.26. The van der Waals surface area contributed by atoms with Crippen molar-refractivity contribution in [1.82, 2.24) is 4.90 Å². The van der Waals surface area contributed by atoms with Crippen molar-refractivity contribution in [3.63, 3.8) is 0 Å². The van der Waals surface area contributed by atoms with Crippen molar-refractivity contribution in [2.24, 2.45) is 0 Å². The lowest BCUT2D eigenvalue weighted by atomic mass is 10.2. The van der Waals surface area contributed by atoms with Crippen LogP contribution in [0.3, 0.4) is 0 Å². The molecule has 2 aromatic rings. The molecule has 0 radical (unpaired) electrons. The minimum atomic E-state index is -1.19. The number of nitrogens with zero attached hydrogens (tertiary/aromatic N) is 2. The Morgan fingerprint density at radius 1 is 1.00 bits per heavy atom. The zero-order chi connectivity index (χ0) is 24.6. The summed E-state index contributed by atoms with van der Waals surface area (Å²) in [5.41, 5.74) is -0.549. The number of nitro groups is 1. The summed E-state index contributed by atoms with van der Waals surface area (Å²) in [6.07, 6.45) is -1.03. The van der Waals surface area contributed by atoms with Gasteiger partial charge in [0, 0.05) is 12.1 Å². The van der Waals surface area contributed by atoms with Crippen molar-refractivity contribution < 1.29 is 33.5 Å². The van der Waals surface area contributed by atoms with Crippen molar-refractivity contribution in [1.29, 1.82) is 0 Å². The monoisotopic (exact) mass is 456 g/mol. The second-order valence-corrected chi connectivity index (χ2v) is 7.73. The van der Waals surface area contributed by atoms with Crippen LogP contribution < -0.4 is 0 Å². The van der Waals surface area contributed by atoms with E-state index in [1.54, 1.807) is 51.1 Å². The number of nitro benzene ring substituents is 1. The van der Waals surface area contributed by atoms with Crippen molar-refractivity contribution in [3.8, 4) is 0 Å². The molecule has 0 heterocycles. The maximum atomic E-state index is 12.9. The molecule has 0 saturated carbocycles. The number of hydrogen-bond acceptors (Lipinski definition) is 8. The van der Waals surface area contributed by atoms with Gasteiger partial charge in [0.05, 0.1) is 12.0 Å². The molecule has 2 amide bonds. The zero-order valence-electron chi connectivity index (χ0n) is 18.6. The SMILES string of the molecule is COC(=O)/C(=C/c1ccccc1)N(C(=O)OCc1ccc([N+](=O)[O-])cc1)C(=O)OC(C)(C)C. The van der Waals surface area contributed by atoms with Gasteiger partial charge in [-0.25, -0.2) is 14.4 Å². The van der Waals surface area contributed by atoms with E-state index in [0.717, 1.165) is 7.11 Å². The van der Waals surface area contributed by atoms with E-state index < -0.39 is 34.4 Å². The molecule has 0 unspecified atom stereocenters. The van der Waals surface area contributed by atoms with E-state index in [-0.39, 0.29) is 12.3 Å². The average molecular weight is 456 g/mol. The van der Waals surface area contributed by atoms with Crippen LogP contribution in [0, 0.1) is 10.1 Å². The van der Waals surface area contributed by atoms with E-state index in [4.69, 9.17) is 14.2 Å². The number of imide groups is 1. The Morgan fingerprint density at radius 2 is 1.61 bits per heavy atom. The third-order valence-corrected chi connectivity index (χ3v) is 4.01. The molecule has 0 aromatic heterocycles. The molecule has 2 rings (SSSR count). The molecule has 174 valence electrons. The predicted molar refractivity (Wildman–Crippen MR) is 118 cm³/mol. The fraction of sp³-hybridized carbons (Fsp3) is 0.261. The third kappa shape index (κ3) is 7.46. The van der Waals surface area contributed by atoms with Crippen molar-refractivity contribution >= 4 is 29.9 Å². The fourth-order valence-corrected chi connectivity index (χ4v) is 2.53. The molecule has 0 spiro atoms. The number of benzene rings is 2. The largest absolute Gasteiger partial charge is 0.464 e. The van der Waals surface area contributed by atoms with Crippen LogP contribution in [0.4, 0.5) is 15.3 Å². The van der Waals surface area contributed by atoms with Gasteiger partial charge in [0.2, 0.25) is 0 Å². The van der Waals surface area contributed by atoms with E-state index in [2.05, 4.69) is 0 Å². The summed E-state index contributed by atoms with van der Waals surface area (Å²) in [5.74, 6) is -0.961. The van der Waals surface area contributed by atoms with Crippen LogP contribution in [0.1, 0.15) is 31.9 Å². The molecule has 2 aromatic carbocycles. The Hall–Kier alpha value is -4.21. The van der Waals surface area contributed by atoms with Crippen molar-refractivity contribution in [2.75, 3.05) is 7.11 Å². The van der Waals surface area contributed by atoms with Crippen LogP contribution in [0.2, 0.25) is 0 Å². The summed E-state index contributed by atoms with van der Waals surface area (Å²) in [7, 11) is 1.11. The van der Waals surface area contributed by atoms with Gasteiger partial charge in [-0.15, -0.1) is 0 Å². The molecule has 0 bridgehead atoms. The number of non-ortho nitro benzene ring substituents is 1. The molecule has 0 aliphatic rings. The van der Waals surface area contributed by atoms with Gasteiger partial charge >= 0.3 is 18.2 Å². The van der Waals surface area contributed by atoms with Crippen LogP contribution in [-0.4, -0.2) is 40.7 Å². The topological polar surface area (TPSA) is 125 Å². The van der Waals surface area contributed by atoms with Gasteiger partial charge in [0.25, 0.3) is 5.69 Å². The normalized spacial score (nSPS) is 11.3. The third-order valence-electron chi connectivity index (χ3n) is 4.01. The van der Waals surface area contributed by atoms with Crippen LogP contribution in [0.25, 0.3) is 6.08 Å². The maximum Gasteiger partial charge on any atom is 0.424 e. The molecule has 0 aliphatic carbocycles. The molecule has 0 fully saturated rings. The molecule has 10 nitrogen and oxygen atoms in total. The number of carbonyl (C=O) groups excluding carboxylic acids is 3. The van der Waals surface area contributed by atoms with E-state index >= 15 is 0 Å². The second kappa shape index (κ2) is 10.9. The fourth-order valence-electron chi connectivity index (χ4n) is 2.53. The summed E-state index contributed by atoms with van der Waals surface area (Å²) < 4.78 is 15.3. The Kier molecular flexibility index (Phi) is 8.27. The van der Waals surface area contributed by atoms with Crippen LogP contribution in [-0.2, 0) is 25.6 Å². The smallest absolute Gasteiger partial charge is 0.424 e. The van der Waals surface area contributed by atoms with Gasteiger partial charge in [-0.1, -0.05) is 30.3 Å². The van der Waals surface area contributed by atoms with Crippen LogP contribution >= 0.6 is 0 Å². The Balaban J connectivity index is 2.37. The predicted octanol–water partition coefficient (Wildman–Crippen LogP) is 4.68. The van der Waals surface area contributed by atoms with Gasteiger partial charge in [-0.3, -0.25) is 10.1 Å². The summed E-state index contributed by atoms with van der Waals surface area (Å²) in [5, 5.41) is 10.8. The molecule has 0 saturated heterocycles. The highest BCUT2D eigenvalue weighted by molar-refractivity contribution is 6.04. The molecular formula is C23H24N2O8. The first-order valence-corrected chi connectivity index (χ1v) is 9.80. The van der Waals surface area contributed by atoms with Gasteiger partial charge < -0.3 is 14.2 Å². The van der Waals surface area contributed by atoms with Gasteiger partial charge in [0.1, 0.15) is 17.9 Å². The Labute approximate surface area is 190 Å². The van der Waals surface area contributed by atoms with E-state index in [1.165, 1.54) is 30.3 Å². The van der Waals surface area contributed by atoms with Crippen molar-refractivity contribution in [2.45, 2.75) is 33.0 Å². The average Bonchev–Trinajstić information content (AvgIpc) is 2.76. The number of carbonyl (C=O) groups is 3. The summed E-state index contributed by atoms with van der Waals surface area (Å²) in [6, 6.07) is 13.8. The number of rotatable bonds is 6. The quantitative estimate of drug-likeness (QED) is 0.202. The highest BCUT2D eigenvalue weighted by Crippen LogP contribution is 2.20.